The first kappa shape index (κ1) is 15.2. The van der Waals surface area contributed by atoms with Gasteiger partial charge in [-0.3, -0.25) is 14.9 Å². The number of carbonyl (C=O) groups is 2. The number of hydrogen-bond acceptors (Lipinski definition) is 5. The first-order valence-electron chi connectivity index (χ1n) is 6.65. The fourth-order valence-corrected chi connectivity index (χ4v) is 3.47. The van der Waals surface area contributed by atoms with E-state index in [2.05, 4.69) is 9.71 Å². The fraction of sp³-hybridized carbons (Fsp3) is 0.133. The Morgan fingerprint density at radius 1 is 1.13 bits per heavy atom. The summed E-state index contributed by atoms with van der Waals surface area (Å²) in [6, 6.07) is 7.61. The van der Waals surface area contributed by atoms with Gasteiger partial charge in [0.05, 0.1) is 12.0 Å². The van der Waals surface area contributed by atoms with Gasteiger partial charge in [-0.05, 0) is 24.3 Å². The van der Waals surface area contributed by atoms with Crippen molar-refractivity contribution in [3.05, 3.63) is 53.8 Å². The van der Waals surface area contributed by atoms with Crippen molar-refractivity contribution in [2.45, 2.75) is 4.90 Å². The molecular weight excluding hydrogens is 320 g/mol. The highest BCUT2D eigenvalue weighted by Gasteiger charge is 2.43. The Hall–Kier alpha value is -2.74. The zero-order valence-electron chi connectivity index (χ0n) is 12.0. The number of amides is 2. The van der Waals surface area contributed by atoms with Crippen LogP contribution in [0.25, 0.3) is 0 Å². The van der Waals surface area contributed by atoms with Crippen molar-refractivity contribution in [3.63, 3.8) is 0 Å². The number of nitrogens with one attached hydrogen (secondary N) is 1. The van der Waals surface area contributed by atoms with Gasteiger partial charge in [-0.2, -0.15) is 12.8 Å². The van der Waals surface area contributed by atoms with Crippen LogP contribution in [0.5, 0.6) is 0 Å². The summed E-state index contributed by atoms with van der Waals surface area (Å²) in [5.74, 6) is -2.13. The zero-order chi connectivity index (χ0) is 16.6. The first-order valence-corrected chi connectivity index (χ1v) is 8.09. The highest BCUT2D eigenvalue weighted by atomic mass is 32.2. The van der Waals surface area contributed by atoms with Crippen molar-refractivity contribution in [1.82, 2.24) is 5.32 Å². The van der Waals surface area contributed by atoms with E-state index < -0.39 is 27.8 Å². The monoisotopic (exact) mass is 332 g/mol. The van der Waals surface area contributed by atoms with E-state index in [1.54, 1.807) is 18.2 Å². The van der Waals surface area contributed by atoms with Gasteiger partial charge in [0.15, 0.2) is 0 Å². The van der Waals surface area contributed by atoms with E-state index in [4.69, 9.17) is 4.74 Å². The molecule has 2 aliphatic rings. The third-order valence-corrected chi connectivity index (χ3v) is 4.80. The summed E-state index contributed by atoms with van der Waals surface area (Å²) >= 11 is 0. The Balaban J connectivity index is 2.13. The molecule has 7 nitrogen and oxygen atoms in total. The van der Waals surface area contributed by atoms with Crippen LogP contribution in [0.15, 0.2) is 63.1 Å². The number of nitrogens with zero attached hydrogens (tertiary/aromatic N) is 1. The van der Waals surface area contributed by atoms with Gasteiger partial charge in [-0.15, -0.1) is 0 Å². The Labute approximate surface area is 132 Å². The number of sulfonamides is 1. The van der Waals surface area contributed by atoms with Crippen molar-refractivity contribution in [2.75, 3.05) is 7.11 Å². The molecule has 0 spiro atoms. The van der Waals surface area contributed by atoms with Gasteiger partial charge in [0.1, 0.15) is 17.4 Å². The Bertz CT molecular complexity index is 882. The van der Waals surface area contributed by atoms with Gasteiger partial charge in [0.25, 0.3) is 15.9 Å². The molecule has 118 valence electrons. The molecule has 0 bridgehead atoms. The van der Waals surface area contributed by atoms with E-state index in [9.17, 15) is 18.0 Å². The van der Waals surface area contributed by atoms with Crippen LogP contribution in [0.1, 0.15) is 0 Å². The summed E-state index contributed by atoms with van der Waals surface area (Å²) < 4.78 is 33.7. The third kappa shape index (κ3) is 2.57. The smallest absolute Gasteiger partial charge is 0.282 e. The number of methoxy groups -OCH3 is 1. The summed E-state index contributed by atoms with van der Waals surface area (Å²) in [6.45, 7) is 0. The van der Waals surface area contributed by atoms with Gasteiger partial charge >= 0.3 is 0 Å². The van der Waals surface area contributed by atoms with Crippen LogP contribution in [0.4, 0.5) is 0 Å². The van der Waals surface area contributed by atoms with Gasteiger partial charge in [-0.25, -0.2) is 0 Å². The van der Waals surface area contributed by atoms with Crippen LogP contribution >= 0.6 is 0 Å². The van der Waals surface area contributed by atoms with E-state index in [1.165, 1.54) is 31.4 Å². The first-order chi connectivity index (χ1) is 10.9. The lowest BCUT2D eigenvalue weighted by Gasteiger charge is -2.17. The minimum atomic E-state index is -4.03. The average molecular weight is 332 g/mol. The quantitative estimate of drug-likeness (QED) is 0.815. The Morgan fingerprint density at radius 2 is 1.83 bits per heavy atom. The molecule has 1 heterocycles. The number of benzene rings is 1. The van der Waals surface area contributed by atoms with Gasteiger partial charge in [0.2, 0.25) is 5.91 Å². The molecule has 2 amide bonds. The zero-order valence-corrected chi connectivity index (χ0v) is 12.8. The van der Waals surface area contributed by atoms with Crippen LogP contribution in [0.2, 0.25) is 0 Å². The summed E-state index contributed by atoms with van der Waals surface area (Å²) in [6.07, 6.45) is 2.85. The molecule has 8 heteroatoms. The lowest BCUT2D eigenvalue weighted by molar-refractivity contribution is -0.124. The highest BCUT2D eigenvalue weighted by molar-refractivity contribution is 7.90. The van der Waals surface area contributed by atoms with Crippen molar-refractivity contribution in [3.8, 4) is 0 Å². The number of ether oxygens (including phenoxy) is 1. The van der Waals surface area contributed by atoms with Crippen LogP contribution in [0.3, 0.4) is 0 Å². The summed E-state index contributed by atoms with van der Waals surface area (Å²) in [5.41, 5.74) is 0.0509. The molecule has 0 radical (unpaired) electrons. The number of hydrogen-bond donors (Lipinski definition) is 1. The summed E-state index contributed by atoms with van der Waals surface area (Å²) in [7, 11) is -2.70. The van der Waals surface area contributed by atoms with Crippen molar-refractivity contribution in [1.29, 1.82) is 0 Å². The largest absolute Gasteiger partial charge is 0.495 e. The Morgan fingerprint density at radius 3 is 2.48 bits per heavy atom. The predicted octanol–water partition coefficient (Wildman–Crippen LogP) is 0.559. The molecule has 1 N–H and O–H groups in total. The van der Waals surface area contributed by atoms with Gasteiger partial charge in [0, 0.05) is 5.57 Å². The second kappa shape index (κ2) is 5.47. The number of imide groups is 1. The third-order valence-electron chi connectivity index (χ3n) is 3.49. The van der Waals surface area contributed by atoms with Gasteiger partial charge in [-0.1, -0.05) is 18.2 Å². The molecule has 0 saturated carbocycles. The number of fused-ring (bicyclic) bond motifs is 1. The minimum Gasteiger partial charge on any atom is -0.495 e. The topological polar surface area (TPSA) is 102 Å². The van der Waals surface area contributed by atoms with Crippen LogP contribution < -0.4 is 5.32 Å². The summed E-state index contributed by atoms with van der Waals surface area (Å²) in [5, 5.41) is 2.15. The molecular formula is C15H12N2O5S. The summed E-state index contributed by atoms with van der Waals surface area (Å²) in [4.78, 5) is 23.7. The van der Waals surface area contributed by atoms with Crippen LogP contribution in [-0.2, 0) is 24.3 Å². The molecule has 1 saturated heterocycles. The standard InChI is InChI=1S/C15H12N2O5S/c1-22-11-8-7-10-12(15(19)16-14(10)18)13(11)17-23(20,21)9-5-3-2-4-6-9/h2-8,12H,1H3,(H,16,18,19). The number of rotatable bonds is 3. The minimum absolute atomic E-state index is 0.0104. The van der Waals surface area contributed by atoms with E-state index in [0.29, 0.717) is 0 Å². The highest BCUT2D eigenvalue weighted by Crippen LogP contribution is 2.29. The van der Waals surface area contributed by atoms with E-state index in [-0.39, 0.29) is 21.9 Å². The van der Waals surface area contributed by atoms with Crippen molar-refractivity contribution < 1.29 is 22.7 Å². The van der Waals surface area contributed by atoms with E-state index in [1.807, 2.05) is 0 Å². The van der Waals surface area contributed by atoms with Crippen molar-refractivity contribution >= 4 is 27.5 Å². The lowest BCUT2D eigenvalue weighted by Crippen LogP contribution is -2.29. The Kier molecular flexibility index (Phi) is 3.61. The van der Waals surface area contributed by atoms with Crippen molar-refractivity contribution in [2.24, 2.45) is 10.3 Å². The van der Waals surface area contributed by atoms with Crippen LogP contribution in [0, 0.1) is 5.92 Å². The molecule has 1 aliphatic carbocycles. The van der Waals surface area contributed by atoms with Crippen LogP contribution in [-0.4, -0.2) is 33.1 Å². The maximum atomic E-state index is 12.4. The normalized spacial score (nSPS) is 22.3. The fourth-order valence-electron chi connectivity index (χ4n) is 2.41. The molecule has 0 aromatic heterocycles. The molecule has 1 atom stereocenters. The molecule has 1 aromatic carbocycles. The molecule has 3 rings (SSSR count). The molecule has 1 unspecified atom stereocenters. The molecule has 1 aromatic rings. The maximum Gasteiger partial charge on any atom is 0.282 e. The molecule has 1 fully saturated rings. The molecule has 23 heavy (non-hydrogen) atoms. The molecule has 1 aliphatic heterocycles. The lowest BCUT2D eigenvalue weighted by atomic mass is 9.90. The van der Waals surface area contributed by atoms with E-state index in [0.717, 1.165) is 0 Å². The number of carbonyl (C=O) groups excluding carboxylic acids is 2. The maximum absolute atomic E-state index is 12.4. The second-order valence-corrected chi connectivity index (χ2v) is 6.48. The number of allylic oxidation sites excluding steroid dienone is 3. The average Bonchev–Trinajstić information content (AvgIpc) is 2.83. The second-order valence-electron chi connectivity index (χ2n) is 4.87. The predicted molar refractivity (Wildman–Crippen MR) is 80.9 cm³/mol. The van der Waals surface area contributed by atoms with Gasteiger partial charge < -0.3 is 4.74 Å². The van der Waals surface area contributed by atoms with E-state index >= 15 is 0 Å². The SMILES string of the molecule is COC1=CC=C2C(=O)NC(=O)C2C1=NS(=O)(=O)c1ccccc1.